The molecule has 0 aliphatic rings. The van der Waals surface area contributed by atoms with Crippen molar-refractivity contribution >= 4 is 15.7 Å². The fraction of sp³-hybridized carbons (Fsp3) is 0.304. The van der Waals surface area contributed by atoms with E-state index >= 15 is 0 Å². The lowest BCUT2D eigenvalue weighted by atomic mass is 10.1. The Morgan fingerprint density at radius 3 is 2.39 bits per heavy atom. The van der Waals surface area contributed by atoms with Crippen molar-refractivity contribution in [2.45, 2.75) is 33.1 Å². The summed E-state index contributed by atoms with van der Waals surface area (Å²) in [5.41, 5.74) is 3.04. The molecule has 8 heteroatoms. The Labute approximate surface area is 182 Å². The predicted molar refractivity (Wildman–Crippen MR) is 118 cm³/mol. The van der Waals surface area contributed by atoms with E-state index < -0.39 is 21.5 Å². The number of carbonyl (C=O) groups excluding carboxylic acids is 1. The molecule has 0 radical (unpaired) electrons. The molecule has 0 atom stereocenters. The first-order valence-electron chi connectivity index (χ1n) is 9.98. The number of hydrogen-bond donors (Lipinski definition) is 1. The smallest absolute Gasteiger partial charge is 0.235 e. The molecule has 31 heavy (non-hydrogen) atoms. The quantitative estimate of drug-likeness (QED) is 0.544. The fourth-order valence-electron chi connectivity index (χ4n) is 2.96. The summed E-state index contributed by atoms with van der Waals surface area (Å²) in [7, 11) is -3.70. The summed E-state index contributed by atoms with van der Waals surface area (Å²) >= 11 is 0. The molecule has 0 aliphatic heterocycles. The third-order valence-corrected chi connectivity index (χ3v) is 6.04. The van der Waals surface area contributed by atoms with Crippen molar-refractivity contribution in [1.82, 2.24) is 10.3 Å². The Balaban J connectivity index is 1.61. The molecule has 0 unspecified atom stereocenters. The number of hydrogen-bond acceptors (Lipinski definition) is 6. The second-order valence-corrected chi connectivity index (χ2v) is 9.34. The summed E-state index contributed by atoms with van der Waals surface area (Å²) in [4.78, 5) is 16.5. The summed E-state index contributed by atoms with van der Waals surface area (Å²) < 4.78 is 36.1. The Morgan fingerprint density at radius 2 is 1.74 bits per heavy atom. The largest absolute Gasteiger partial charge is 0.494 e. The number of aromatic nitrogens is 1. The van der Waals surface area contributed by atoms with Crippen molar-refractivity contribution in [3.05, 3.63) is 71.1 Å². The molecule has 3 rings (SSSR count). The number of sulfone groups is 1. The van der Waals surface area contributed by atoms with E-state index in [1.165, 1.54) is 0 Å². The zero-order valence-electron chi connectivity index (χ0n) is 17.8. The normalized spacial score (nSPS) is 11.3. The van der Waals surface area contributed by atoms with Crippen LogP contribution in [0.15, 0.2) is 52.9 Å². The number of amides is 1. The molecular weight excluding hydrogens is 416 g/mol. The minimum Gasteiger partial charge on any atom is -0.494 e. The molecule has 0 saturated heterocycles. The Kier molecular flexibility index (Phi) is 7.12. The molecule has 0 saturated carbocycles. The topological polar surface area (TPSA) is 98.5 Å². The van der Waals surface area contributed by atoms with Crippen molar-refractivity contribution in [2.24, 2.45) is 0 Å². The molecule has 0 aliphatic carbocycles. The van der Waals surface area contributed by atoms with Crippen LogP contribution in [0.1, 0.15) is 29.5 Å². The van der Waals surface area contributed by atoms with Gasteiger partial charge in [-0.15, -0.1) is 0 Å². The van der Waals surface area contributed by atoms with Gasteiger partial charge in [0.05, 0.1) is 18.1 Å². The van der Waals surface area contributed by atoms with Crippen LogP contribution in [0, 0.1) is 13.8 Å². The number of nitrogens with zero attached hydrogens (tertiary/aromatic N) is 1. The molecule has 0 fully saturated rings. The van der Waals surface area contributed by atoms with E-state index in [1.54, 1.807) is 31.2 Å². The lowest BCUT2D eigenvalue weighted by Crippen LogP contribution is -2.30. The molecule has 2 aromatic carbocycles. The van der Waals surface area contributed by atoms with Crippen LogP contribution in [0.5, 0.6) is 5.75 Å². The number of nitrogens with one attached hydrogen (secondary N) is 1. The monoisotopic (exact) mass is 442 g/mol. The Hall–Kier alpha value is -3.13. The number of oxazole rings is 1. The van der Waals surface area contributed by atoms with Crippen molar-refractivity contribution in [3.63, 3.8) is 0 Å². The number of aryl methyl sites for hydroxylation is 2. The van der Waals surface area contributed by atoms with Crippen molar-refractivity contribution < 1.29 is 22.4 Å². The lowest BCUT2D eigenvalue weighted by molar-refractivity contribution is -0.118. The van der Waals surface area contributed by atoms with Gasteiger partial charge >= 0.3 is 0 Å². The standard InChI is InChI=1S/C23H26N2O5S/c1-4-29-20-11-9-19(10-12-20)23-25-21(17(3)30-23)14-31(27,28)15-22(26)24-13-18-7-5-16(2)6-8-18/h5-12H,4,13-15H2,1-3H3,(H,24,26). The summed E-state index contributed by atoms with van der Waals surface area (Å²) in [5, 5.41) is 2.65. The molecule has 7 nitrogen and oxygen atoms in total. The van der Waals surface area contributed by atoms with Crippen molar-refractivity contribution in [2.75, 3.05) is 12.4 Å². The van der Waals surface area contributed by atoms with Crippen LogP contribution in [0.4, 0.5) is 0 Å². The van der Waals surface area contributed by atoms with E-state index in [4.69, 9.17) is 9.15 Å². The highest BCUT2D eigenvalue weighted by molar-refractivity contribution is 7.91. The third-order valence-electron chi connectivity index (χ3n) is 4.62. The summed E-state index contributed by atoms with van der Waals surface area (Å²) in [6, 6.07) is 14.9. The van der Waals surface area contributed by atoms with Crippen LogP contribution in [-0.2, 0) is 26.9 Å². The number of ether oxygens (including phenoxy) is 1. The van der Waals surface area contributed by atoms with Gasteiger partial charge in [0.25, 0.3) is 0 Å². The molecule has 1 N–H and O–H groups in total. The average Bonchev–Trinajstić information content (AvgIpc) is 3.07. The molecule has 3 aromatic rings. The Bertz CT molecular complexity index is 1130. The van der Waals surface area contributed by atoms with E-state index in [-0.39, 0.29) is 12.3 Å². The van der Waals surface area contributed by atoms with Gasteiger partial charge in [-0.1, -0.05) is 29.8 Å². The highest BCUT2D eigenvalue weighted by Gasteiger charge is 2.22. The minimum atomic E-state index is -3.70. The van der Waals surface area contributed by atoms with Gasteiger partial charge in [0.2, 0.25) is 11.8 Å². The van der Waals surface area contributed by atoms with Crippen LogP contribution in [0.3, 0.4) is 0 Å². The first-order chi connectivity index (χ1) is 14.8. The van der Waals surface area contributed by atoms with E-state index in [2.05, 4.69) is 10.3 Å². The maximum absolute atomic E-state index is 12.5. The zero-order valence-corrected chi connectivity index (χ0v) is 18.7. The summed E-state index contributed by atoms with van der Waals surface area (Å²) in [6.07, 6.45) is 0. The number of benzene rings is 2. The molecule has 0 spiro atoms. The predicted octanol–water partition coefficient (Wildman–Crippen LogP) is 3.59. The molecule has 0 bridgehead atoms. The van der Waals surface area contributed by atoms with Gasteiger partial charge in [-0.3, -0.25) is 4.79 Å². The maximum Gasteiger partial charge on any atom is 0.235 e. The van der Waals surface area contributed by atoms with Crippen molar-refractivity contribution in [3.8, 4) is 17.2 Å². The molecule has 164 valence electrons. The first-order valence-corrected chi connectivity index (χ1v) is 11.8. The van der Waals surface area contributed by atoms with Gasteiger partial charge in [-0.2, -0.15) is 0 Å². The Morgan fingerprint density at radius 1 is 1.06 bits per heavy atom. The SMILES string of the molecule is CCOc1ccc(-c2nc(CS(=O)(=O)CC(=O)NCc3ccc(C)cc3)c(C)o2)cc1. The van der Waals surface area contributed by atoms with Gasteiger partial charge in [-0.05, 0) is 50.6 Å². The van der Waals surface area contributed by atoms with Gasteiger partial charge in [0.15, 0.2) is 9.84 Å². The van der Waals surface area contributed by atoms with Gasteiger partial charge < -0.3 is 14.5 Å². The summed E-state index contributed by atoms with van der Waals surface area (Å²) in [6.45, 7) is 6.38. The van der Waals surface area contributed by atoms with Gasteiger partial charge in [0, 0.05) is 12.1 Å². The van der Waals surface area contributed by atoms with Crippen LogP contribution in [0.25, 0.3) is 11.5 Å². The lowest BCUT2D eigenvalue weighted by Gasteiger charge is -2.06. The third kappa shape index (κ3) is 6.42. The second kappa shape index (κ2) is 9.78. The van der Waals surface area contributed by atoms with Gasteiger partial charge in [-0.25, -0.2) is 13.4 Å². The maximum atomic E-state index is 12.5. The molecule has 1 amide bonds. The van der Waals surface area contributed by atoms with Crippen LogP contribution >= 0.6 is 0 Å². The average molecular weight is 443 g/mol. The highest BCUT2D eigenvalue weighted by Crippen LogP contribution is 2.25. The molecule has 1 heterocycles. The highest BCUT2D eigenvalue weighted by atomic mass is 32.2. The summed E-state index contributed by atoms with van der Waals surface area (Å²) in [5.74, 6) is -0.0505. The van der Waals surface area contributed by atoms with E-state index in [1.807, 2.05) is 38.1 Å². The van der Waals surface area contributed by atoms with Gasteiger partial charge in [0.1, 0.15) is 17.3 Å². The number of rotatable bonds is 9. The zero-order chi connectivity index (χ0) is 22.4. The van der Waals surface area contributed by atoms with E-state index in [9.17, 15) is 13.2 Å². The fourth-order valence-corrected chi connectivity index (χ4v) is 4.25. The van der Waals surface area contributed by atoms with Crippen LogP contribution < -0.4 is 10.1 Å². The van der Waals surface area contributed by atoms with E-state index in [0.29, 0.717) is 29.5 Å². The van der Waals surface area contributed by atoms with Crippen LogP contribution in [-0.4, -0.2) is 31.7 Å². The molecule has 1 aromatic heterocycles. The van der Waals surface area contributed by atoms with E-state index in [0.717, 1.165) is 16.9 Å². The minimum absolute atomic E-state index is 0.277. The first kappa shape index (κ1) is 22.6. The van der Waals surface area contributed by atoms with Crippen LogP contribution in [0.2, 0.25) is 0 Å². The second-order valence-electron chi connectivity index (χ2n) is 7.27. The number of carbonyl (C=O) groups is 1. The molecular formula is C23H26N2O5S. The van der Waals surface area contributed by atoms with Crippen molar-refractivity contribution in [1.29, 1.82) is 0 Å².